The highest BCUT2D eigenvalue weighted by molar-refractivity contribution is 5.33. The molecule has 1 aromatic carbocycles. The summed E-state index contributed by atoms with van der Waals surface area (Å²) in [6, 6.07) is 3.43. The molecule has 0 saturated heterocycles. The number of rotatable bonds is 12. The van der Waals surface area contributed by atoms with E-state index in [4.69, 9.17) is 4.74 Å². The molecule has 0 heterocycles. The van der Waals surface area contributed by atoms with Crippen LogP contribution in [0.2, 0.25) is 0 Å². The van der Waals surface area contributed by atoms with Gasteiger partial charge in [0.15, 0.2) is 11.6 Å². The maximum absolute atomic E-state index is 14.9. The quantitative estimate of drug-likeness (QED) is 0.229. The van der Waals surface area contributed by atoms with Crippen LogP contribution in [0.5, 0.6) is 5.75 Å². The molecule has 0 aromatic heterocycles. The predicted molar refractivity (Wildman–Crippen MR) is 130 cm³/mol. The molecule has 0 unspecified atom stereocenters. The third-order valence-electron chi connectivity index (χ3n) is 8.11. The number of hydrogen-bond acceptors (Lipinski definition) is 1. The van der Waals surface area contributed by atoms with E-state index >= 15 is 0 Å². The first-order chi connectivity index (χ1) is 15.6. The van der Waals surface area contributed by atoms with E-state index < -0.39 is 11.6 Å². The van der Waals surface area contributed by atoms with E-state index in [-0.39, 0.29) is 11.7 Å². The van der Waals surface area contributed by atoms with Gasteiger partial charge in [-0.25, -0.2) is 4.39 Å². The molecule has 0 spiro atoms. The van der Waals surface area contributed by atoms with Gasteiger partial charge in [-0.05, 0) is 93.1 Å². The number of allylic oxidation sites excluding steroid dienone is 1. The van der Waals surface area contributed by atoms with Crippen LogP contribution < -0.4 is 4.74 Å². The summed E-state index contributed by atoms with van der Waals surface area (Å²) in [7, 11) is 0. The largest absolute Gasteiger partial charge is 0.490 e. The first-order valence-corrected chi connectivity index (χ1v) is 13.4. The Bertz CT molecular complexity index is 685. The third-order valence-corrected chi connectivity index (χ3v) is 8.11. The second-order valence-corrected chi connectivity index (χ2v) is 10.3. The van der Waals surface area contributed by atoms with Crippen molar-refractivity contribution in [1.82, 2.24) is 0 Å². The van der Waals surface area contributed by atoms with E-state index in [2.05, 4.69) is 19.6 Å². The molecule has 2 fully saturated rings. The first-order valence-electron chi connectivity index (χ1n) is 13.4. The summed E-state index contributed by atoms with van der Waals surface area (Å²) >= 11 is 0. The van der Waals surface area contributed by atoms with Gasteiger partial charge in [0.25, 0.3) is 0 Å². The standard InChI is InChI=1S/C29H44F2O/c1-3-5-6-7-8-9-10-21-32-27-20-19-26(28(30)29(27)31)25-17-15-24(16-18-25)23-13-11-22(4-2)12-14-23/h4,19-20,22-25H,2-3,5-18,21H2,1H3. The Morgan fingerprint density at radius 2 is 1.41 bits per heavy atom. The minimum absolute atomic E-state index is 0.0740. The van der Waals surface area contributed by atoms with Crippen molar-refractivity contribution in [2.75, 3.05) is 6.61 Å². The number of unbranched alkanes of at least 4 members (excludes halogenated alkanes) is 6. The van der Waals surface area contributed by atoms with E-state index in [1.54, 1.807) is 12.1 Å². The Morgan fingerprint density at radius 1 is 0.812 bits per heavy atom. The zero-order chi connectivity index (χ0) is 22.8. The lowest BCUT2D eigenvalue weighted by molar-refractivity contribution is 0.170. The lowest BCUT2D eigenvalue weighted by Crippen LogP contribution is -2.25. The van der Waals surface area contributed by atoms with Crippen LogP contribution in [0.4, 0.5) is 8.78 Å². The molecular weight excluding hydrogens is 402 g/mol. The maximum atomic E-state index is 14.9. The summed E-state index contributed by atoms with van der Waals surface area (Å²) in [4.78, 5) is 0. The maximum Gasteiger partial charge on any atom is 0.200 e. The van der Waals surface area contributed by atoms with Crippen molar-refractivity contribution >= 4 is 0 Å². The molecule has 0 N–H and O–H groups in total. The van der Waals surface area contributed by atoms with Crippen LogP contribution in [0.1, 0.15) is 115 Å². The fourth-order valence-corrected chi connectivity index (χ4v) is 5.97. The molecule has 1 nitrogen and oxygen atoms in total. The number of ether oxygens (including phenoxy) is 1. The van der Waals surface area contributed by atoms with Crippen molar-refractivity contribution in [2.45, 2.75) is 109 Å². The van der Waals surface area contributed by atoms with Crippen molar-refractivity contribution in [1.29, 1.82) is 0 Å². The van der Waals surface area contributed by atoms with Crippen molar-refractivity contribution in [2.24, 2.45) is 17.8 Å². The van der Waals surface area contributed by atoms with Crippen molar-refractivity contribution in [3.8, 4) is 5.75 Å². The highest BCUT2D eigenvalue weighted by atomic mass is 19.2. The van der Waals surface area contributed by atoms with Gasteiger partial charge in [0.2, 0.25) is 5.82 Å². The predicted octanol–water partition coefficient (Wildman–Crippen LogP) is 9.36. The van der Waals surface area contributed by atoms with Gasteiger partial charge >= 0.3 is 0 Å². The monoisotopic (exact) mass is 446 g/mol. The summed E-state index contributed by atoms with van der Waals surface area (Å²) < 4.78 is 35.1. The molecular formula is C29H44F2O. The zero-order valence-electron chi connectivity index (χ0n) is 20.2. The summed E-state index contributed by atoms with van der Waals surface area (Å²) in [5, 5.41) is 0. The van der Waals surface area contributed by atoms with Crippen LogP contribution in [0.25, 0.3) is 0 Å². The molecule has 0 atom stereocenters. The van der Waals surface area contributed by atoms with Crippen LogP contribution in [-0.4, -0.2) is 6.61 Å². The van der Waals surface area contributed by atoms with Gasteiger partial charge in [0, 0.05) is 0 Å². The van der Waals surface area contributed by atoms with Crippen LogP contribution in [0.15, 0.2) is 24.8 Å². The van der Waals surface area contributed by atoms with Crippen molar-refractivity contribution in [3.63, 3.8) is 0 Å². The van der Waals surface area contributed by atoms with Gasteiger partial charge < -0.3 is 4.74 Å². The Kier molecular flexibility index (Phi) is 10.5. The minimum Gasteiger partial charge on any atom is -0.490 e. The highest BCUT2D eigenvalue weighted by Gasteiger charge is 2.32. The van der Waals surface area contributed by atoms with Crippen LogP contribution in [0, 0.1) is 29.4 Å². The van der Waals surface area contributed by atoms with Gasteiger partial charge in [-0.1, -0.05) is 57.6 Å². The normalized spacial score (nSPS) is 26.1. The summed E-state index contributed by atoms with van der Waals surface area (Å²) in [6.45, 7) is 6.63. The fourth-order valence-electron chi connectivity index (χ4n) is 5.97. The summed E-state index contributed by atoms with van der Waals surface area (Å²) in [5.74, 6) is 1.01. The average molecular weight is 447 g/mol. The van der Waals surface area contributed by atoms with Crippen LogP contribution >= 0.6 is 0 Å². The topological polar surface area (TPSA) is 9.23 Å². The Labute approximate surface area is 195 Å². The number of hydrogen-bond donors (Lipinski definition) is 0. The van der Waals surface area contributed by atoms with E-state index in [1.165, 1.54) is 57.8 Å². The summed E-state index contributed by atoms with van der Waals surface area (Å²) in [6.07, 6.45) is 19.8. The second kappa shape index (κ2) is 13.4. The molecule has 3 rings (SSSR count). The minimum atomic E-state index is -0.796. The van der Waals surface area contributed by atoms with Gasteiger partial charge in [-0.15, -0.1) is 6.58 Å². The van der Waals surface area contributed by atoms with Gasteiger partial charge in [0.1, 0.15) is 0 Å². The molecule has 0 amide bonds. The van der Waals surface area contributed by atoms with E-state index in [1.807, 2.05) is 0 Å². The molecule has 1 aromatic rings. The molecule has 2 aliphatic rings. The lowest BCUT2D eigenvalue weighted by atomic mass is 9.68. The molecule has 2 aliphatic carbocycles. The molecule has 180 valence electrons. The third kappa shape index (κ3) is 7.06. The van der Waals surface area contributed by atoms with Gasteiger partial charge in [-0.2, -0.15) is 4.39 Å². The molecule has 0 aliphatic heterocycles. The van der Waals surface area contributed by atoms with E-state index in [0.717, 1.165) is 50.4 Å². The smallest absolute Gasteiger partial charge is 0.200 e. The second-order valence-electron chi connectivity index (χ2n) is 10.3. The van der Waals surface area contributed by atoms with E-state index in [9.17, 15) is 8.78 Å². The van der Waals surface area contributed by atoms with Crippen LogP contribution in [0.3, 0.4) is 0 Å². The fraction of sp³-hybridized carbons (Fsp3) is 0.724. The summed E-state index contributed by atoms with van der Waals surface area (Å²) in [5.41, 5.74) is 0.555. The highest BCUT2D eigenvalue weighted by Crippen LogP contribution is 2.45. The van der Waals surface area contributed by atoms with Crippen molar-refractivity contribution < 1.29 is 13.5 Å². The average Bonchev–Trinajstić information content (AvgIpc) is 2.83. The van der Waals surface area contributed by atoms with E-state index in [0.29, 0.717) is 18.1 Å². The Hall–Kier alpha value is -1.38. The zero-order valence-corrected chi connectivity index (χ0v) is 20.2. The SMILES string of the molecule is C=CC1CCC(C2CCC(c3ccc(OCCCCCCCCC)c(F)c3F)CC2)CC1. The molecule has 0 radical (unpaired) electrons. The Balaban J connectivity index is 1.42. The lowest BCUT2D eigenvalue weighted by Gasteiger charge is -2.37. The molecule has 3 heteroatoms. The molecule has 0 bridgehead atoms. The van der Waals surface area contributed by atoms with Crippen molar-refractivity contribution in [3.05, 3.63) is 42.0 Å². The molecule has 32 heavy (non-hydrogen) atoms. The van der Waals surface area contributed by atoms with Crippen LogP contribution in [-0.2, 0) is 0 Å². The number of benzene rings is 1. The van der Waals surface area contributed by atoms with Gasteiger partial charge in [-0.3, -0.25) is 0 Å². The van der Waals surface area contributed by atoms with Gasteiger partial charge in [0.05, 0.1) is 6.61 Å². The number of halogens is 2. The Morgan fingerprint density at radius 3 is 2.03 bits per heavy atom. The molecule has 2 saturated carbocycles. The first kappa shape index (κ1) is 25.2.